The molecule has 25 heavy (non-hydrogen) atoms. The van der Waals surface area contributed by atoms with E-state index >= 15 is 0 Å². The first-order valence-corrected chi connectivity index (χ1v) is 10.3. The van der Waals surface area contributed by atoms with Crippen LogP contribution in [0.2, 0.25) is 0 Å². The highest BCUT2D eigenvalue weighted by Crippen LogP contribution is 2.16. The molecule has 1 heterocycles. The van der Waals surface area contributed by atoms with Crippen LogP contribution >= 0.6 is 0 Å². The molecule has 6 nitrogen and oxygen atoms in total. The van der Waals surface area contributed by atoms with E-state index in [0.717, 1.165) is 25.0 Å². The van der Waals surface area contributed by atoms with E-state index in [0.29, 0.717) is 13.0 Å². The highest BCUT2D eigenvalue weighted by molar-refractivity contribution is 7.89. The van der Waals surface area contributed by atoms with Crippen LogP contribution in [0.15, 0.2) is 29.2 Å². The third-order valence-electron chi connectivity index (χ3n) is 4.64. The Balaban J connectivity index is 2.07. The molecule has 1 fully saturated rings. The van der Waals surface area contributed by atoms with E-state index in [1.54, 1.807) is 24.3 Å². The molecule has 0 radical (unpaired) electrons. The number of aryl methyl sites for hydroxylation is 1. The van der Waals surface area contributed by atoms with Crippen LogP contribution in [-0.4, -0.2) is 39.6 Å². The Morgan fingerprint density at radius 3 is 2.56 bits per heavy atom. The van der Waals surface area contributed by atoms with Gasteiger partial charge in [-0.2, -0.15) is 4.72 Å². The highest BCUT2D eigenvalue weighted by atomic mass is 32.2. The molecule has 140 valence electrons. The van der Waals surface area contributed by atoms with Gasteiger partial charge in [0.25, 0.3) is 0 Å². The largest absolute Gasteiger partial charge is 0.376 e. The van der Waals surface area contributed by atoms with E-state index in [9.17, 15) is 13.2 Å². The molecule has 1 aromatic carbocycles. The minimum absolute atomic E-state index is 0.0234. The molecule has 7 heteroatoms. The predicted molar refractivity (Wildman–Crippen MR) is 96.7 cm³/mol. The molecule has 1 amide bonds. The molecule has 1 saturated heterocycles. The van der Waals surface area contributed by atoms with Gasteiger partial charge >= 0.3 is 0 Å². The standard InChI is InChI=1S/C18H28N2O4S/c1-4-14(3)17(18(21)19-12-15-6-5-11-24-15)20-25(22,23)16-9-7-13(2)8-10-16/h7-10,14-15,17,20H,4-6,11-12H2,1-3H3,(H,19,21)/t14-,15-,17-/m0/s1. The second kappa shape index (κ2) is 8.78. The van der Waals surface area contributed by atoms with Crippen LogP contribution in [0.4, 0.5) is 0 Å². The number of benzene rings is 1. The van der Waals surface area contributed by atoms with Gasteiger partial charge in [0.1, 0.15) is 6.04 Å². The maximum atomic E-state index is 12.6. The van der Waals surface area contributed by atoms with Crippen LogP contribution in [0.25, 0.3) is 0 Å². The number of hydrogen-bond donors (Lipinski definition) is 2. The van der Waals surface area contributed by atoms with E-state index in [1.165, 1.54) is 0 Å². The van der Waals surface area contributed by atoms with Gasteiger partial charge in [-0.3, -0.25) is 4.79 Å². The number of sulfonamides is 1. The normalized spacial score (nSPS) is 20.2. The average Bonchev–Trinajstić information content (AvgIpc) is 3.11. The molecule has 0 bridgehead atoms. The minimum atomic E-state index is -3.76. The Labute approximate surface area is 150 Å². The third-order valence-corrected chi connectivity index (χ3v) is 6.09. The summed E-state index contributed by atoms with van der Waals surface area (Å²) in [6.07, 6.45) is 2.63. The number of rotatable bonds is 8. The molecule has 1 aliphatic rings. The van der Waals surface area contributed by atoms with Crippen molar-refractivity contribution < 1.29 is 17.9 Å². The van der Waals surface area contributed by atoms with E-state index in [4.69, 9.17) is 4.74 Å². The Morgan fingerprint density at radius 2 is 2.00 bits per heavy atom. The van der Waals surface area contributed by atoms with Crippen molar-refractivity contribution >= 4 is 15.9 Å². The molecule has 2 rings (SSSR count). The summed E-state index contributed by atoms with van der Waals surface area (Å²) in [5.41, 5.74) is 0.978. The molecular formula is C18H28N2O4S. The predicted octanol–water partition coefficient (Wildman–Crippen LogP) is 1.98. The fourth-order valence-electron chi connectivity index (χ4n) is 2.75. The van der Waals surface area contributed by atoms with Crippen molar-refractivity contribution in [3.63, 3.8) is 0 Å². The smallest absolute Gasteiger partial charge is 0.241 e. The van der Waals surface area contributed by atoms with Gasteiger partial charge in [0, 0.05) is 13.2 Å². The third kappa shape index (κ3) is 5.52. The summed E-state index contributed by atoms with van der Waals surface area (Å²) in [4.78, 5) is 12.7. The van der Waals surface area contributed by atoms with Crippen molar-refractivity contribution in [1.82, 2.24) is 10.0 Å². The highest BCUT2D eigenvalue weighted by Gasteiger charge is 2.30. The molecule has 1 aliphatic heterocycles. The number of amides is 1. The molecule has 2 N–H and O–H groups in total. The number of nitrogens with one attached hydrogen (secondary N) is 2. The Kier molecular flexibility index (Phi) is 6.98. The second-order valence-corrected chi connectivity index (χ2v) is 8.39. The summed E-state index contributed by atoms with van der Waals surface area (Å²) >= 11 is 0. The fraction of sp³-hybridized carbons (Fsp3) is 0.611. The Hall–Kier alpha value is -1.44. The van der Waals surface area contributed by atoms with Crippen molar-refractivity contribution in [1.29, 1.82) is 0 Å². The number of carbonyl (C=O) groups is 1. The van der Waals surface area contributed by atoms with Gasteiger partial charge in [-0.05, 0) is 37.8 Å². The van der Waals surface area contributed by atoms with Crippen LogP contribution < -0.4 is 10.0 Å². The zero-order chi connectivity index (χ0) is 18.4. The van der Waals surface area contributed by atoms with Gasteiger partial charge in [-0.15, -0.1) is 0 Å². The SMILES string of the molecule is CC[C@H](C)[C@H](NS(=O)(=O)c1ccc(C)cc1)C(=O)NC[C@@H]1CCCO1. The summed E-state index contributed by atoms with van der Waals surface area (Å²) in [7, 11) is -3.76. The Bertz CT molecular complexity index is 667. The molecule has 3 atom stereocenters. The van der Waals surface area contributed by atoms with Gasteiger partial charge in [0.05, 0.1) is 11.0 Å². The number of hydrogen-bond acceptors (Lipinski definition) is 4. The molecule has 0 aliphatic carbocycles. The molecule has 0 unspecified atom stereocenters. The number of ether oxygens (including phenoxy) is 1. The second-order valence-electron chi connectivity index (χ2n) is 6.68. The molecule has 0 spiro atoms. The van der Waals surface area contributed by atoms with Crippen LogP contribution in [0.3, 0.4) is 0 Å². The van der Waals surface area contributed by atoms with Gasteiger partial charge in [0.2, 0.25) is 15.9 Å². The lowest BCUT2D eigenvalue weighted by atomic mass is 9.99. The Morgan fingerprint density at radius 1 is 1.32 bits per heavy atom. The van der Waals surface area contributed by atoms with Crippen LogP contribution in [0.5, 0.6) is 0 Å². The van der Waals surface area contributed by atoms with Crippen molar-refractivity contribution in [3.8, 4) is 0 Å². The van der Waals surface area contributed by atoms with Crippen LogP contribution in [0.1, 0.15) is 38.7 Å². The van der Waals surface area contributed by atoms with Crippen molar-refractivity contribution in [2.45, 2.75) is 57.1 Å². The minimum Gasteiger partial charge on any atom is -0.376 e. The van der Waals surface area contributed by atoms with Gasteiger partial charge < -0.3 is 10.1 Å². The molecule has 0 saturated carbocycles. The zero-order valence-electron chi connectivity index (χ0n) is 15.1. The van der Waals surface area contributed by atoms with E-state index in [-0.39, 0.29) is 22.8 Å². The first kappa shape index (κ1) is 19.9. The first-order chi connectivity index (χ1) is 11.8. The average molecular weight is 368 g/mol. The summed E-state index contributed by atoms with van der Waals surface area (Å²) in [5.74, 6) is -0.426. The lowest BCUT2D eigenvalue weighted by Gasteiger charge is -2.24. The molecule has 1 aromatic rings. The molecular weight excluding hydrogens is 340 g/mol. The quantitative estimate of drug-likeness (QED) is 0.735. The maximum absolute atomic E-state index is 12.6. The van der Waals surface area contributed by atoms with E-state index in [1.807, 2.05) is 20.8 Å². The fourth-order valence-corrected chi connectivity index (χ4v) is 4.05. The summed E-state index contributed by atoms with van der Waals surface area (Å²) in [6, 6.07) is 5.78. The molecule has 0 aromatic heterocycles. The number of carbonyl (C=O) groups excluding carboxylic acids is 1. The van der Waals surface area contributed by atoms with Crippen molar-refractivity contribution in [3.05, 3.63) is 29.8 Å². The summed E-state index contributed by atoms with van der Waals surface area (Å²) in [5, 5.41) is 2.83. The van der Waals surface area contributed by atoms with Gasteiger partial charge in [-0.25, -0.2) is 8.42 Å². The van der Waals surface area contributed by atoms with Gasteiger partial charge in [-0.1, -0.05) is 38.0 Å². The lowest BCUT2D eigenvalue weighted by Crippen LogP contribution is -2.51. The summed E-state index contributed by atoms with van der Waals surface area (Å²) < 4.78 is 33.3. The van der Waals surface area contributed by atoms with Crippen LogP contribution in [-0.2, 0) is 19.6 Å². The first-order valence-electron chi connectivity index (χ1n) is 8.81. The van der Waals surface area contributed by atoms with Crippen molar-refractivity contribution in [2.75, 3.05) is 13.2 Å². The van der Waals surface area contributed by atoms with Gasteiger partial charge in [0.15, 0.2) is 0 Å². The van der Waals surface area contributed by atoms with E-state index in [2.05, 4.69) is 10.0 Å². The monoisotopic (exact) mass is 368 g/mol. The summed E-state index contributed by atoms with van der Waals surface area (Å²) in [6.45, 7) is 6.83. The van der Waals surface area contributed by atoms with E-state index < -0.39 is 16.1 Å². The van der Waals surface area contributed by atoms with Crippen molar-refractivity contribution in [2.24, 2.45) is 5.92 Å². The van der Waals surface area contributed by atoms with Crippen LogP contribution in [0, 0.1) is 12.8 Å². The lowest BCUT2D eigenvalue weighted by molar-refractivity contribution is -0.124. The zero-order valence-corrected chi connectivity index (χ0v) is 15.9. The maximum Gasteiger partial charge on any atom is 0.241 e. The topological polar surface area (TPSA) is 84.5 Å².